The molecule has 0 N–H and O–H groups in total. The Morgan fingerprint density at radius 3 is 2.00 bits per heavy atom. The lowest BCUT2D eigenvalue weighted by Crippen LogP contribution is -1.95. The summed E-state index contributed by atoms with van der Waals surface area (Å²) in [5.74, 6) is 2.36. The average molecular weight is 263 g/mol. The van der Waals surface area contributed by atoms with Crippen LogP contribution in [0.25, 0.3) is 0 Å². The quantitative estimate of drug-likeness (QED) is 0.680. The van der Waals surface area contributed by atoms with E-state index in [0.29, 0.717) is 5.92 Å². The number of rotatable bonds is 3. The highest BCUT2D eigenvalue weighted by atomic mass is 35.5. The maximum Gasteiger partial charge on any atom is 0.106 e. The number of halogens is 1. The fraction of sp³-hybridized carbons (Fsp3) is 0.375. The summed E-state index contributed by atoms with van der Waals surface area (Å²) in [7, 11) is 0. The molecule has 0 fully saturated rings. The molecule has 0 radical (unpaired) electrons. The Balaban J connectivity index is 2.28. The van der Waals surface area contributed by atoms with Gasteiger partial charge < -0.3 is 4.42 Å². The molecule has 18 heavy (non-hydrogen) atoms. The molecule has 0 amide bonds. The first kappa shape index (κ1) is 13.2. The van der Waals surface area contributed by atoms with Gasteiger partial charge >= 0.3 is 0 Å². The number of alkyl halides is 1. The van der Waals surface area contributed by atoms with Gasteiger partial charge in [0.25, 0.3) is 0 Å². The zero-order valence-electron chi connectivity index (χ0n) is 11.3. The van der Waals surface area contributed by atoms with Crippen LogP contribution in [0.5, 0.6) is 0 Å². The summed E-state index contributed by atoms with van der Waals surface area (Å²) in [4.78, 5) is 0. The van der Waals surface area contributed by atoms with Crippen LogP contribution in [0.2, 0.25) is 0 Å². The van der Waals surface area contributed by atoms with Gasteiger partial charge in [-0.25, -0.2) is 0 Å². The number of hydrogen-bond acceptors (Lipinski definition) is 1. The van der Waals surface area contributed by atoms with Crippen molar-refractivity contribution in [2.75, 3.05) is 0 Å². The van der Waals surface area contributed by atoms with Crippen LogP contribution >= 0.6 is 11.6 Å². The molecule has 0 aliphatic rings. The Labute approximate surface area is 114 Å². The molecule has 0 bridgehead atoms. The highest BCUT2D eigenvalue weighted by molar-refractivity contribution is 6.22. The van der Waals surface area contributed by atoms with Crippen LogP contribution in [0.15, 0.2) is 34.7 Å². The fourth-order valence-electron chi connectivity index (χ4n) is 2.13. The maximum absolute atomic E-state index is 6.52. The third-order valence-corrected chi connectivity index (χ3v) is 3.74. The second-order valence-corrected chi connectivity index (χ2v) is 5.49. The van der Waals surface area contributed by atoms with E-state index >= 15 is 0 Å². The maximum atomic E-state index is 6.52. The van der Waals surface area contributed by atoms with Gasteiger partial charge in [0.05, 0.1) is 5.38 Å². The Kier molecular flexibility index (Phi) is 3.82. The molecule has 96 valence electrons. The van der Waals surface area contributed by atoms with Crippen LogP contribution < -0.4 is 0 Å². The normalized spacial score (nSPS) is 13.0. The van der Waals surface area contributed by atoms with Crippen LogP contribution in [0.3, 0.4) is 0 Å². The van der Waals surface area contributed by atoms with E-state index in [4.69, 9.17) is 16.0 Å². The standard InChI is InChI=1S/C16H19ClO/c1-10(2)13-5-7-14(8-6-13)16(17)15-9-11(3)18-12(15)4/h5-10,16H,1-4H3. The predicted molar refractivity (Wildman–Crippen MR) is 76.4 cm³/mol. The third-order valence-electron chi connectivity index (χ3n) is 3.25. The number of benzene rings is 1. The minimum absolute atomic E-state index is 0.135. The molecule has 0 aliphatic carbocycles. The molecule has 1 atom stereocenters. The predicted octanol–water partition coefficient (Wildman–Crippen LogP) is 5.35. The topological polar surface area (TPSA) is 13.1 Å². The summed E-state index contributed by atoms with van der Waals surface area (Å²) in [5.41, 5.74) is 3.51. The molecule has 2 heteroatoms. The van der Waals surface area contributed by atoms with Gasteiger partial charge in [0, 0.05) is 5.56 Å². The van der Waals surface area contributed by atoms with Crippen LogP contribution in [0.4, 0.5) is 0 Å². The highest BCUT2D eigenvalue weighted by Gasteiger charge is 2.16. The summed E-state index contributed by atoms with van der Waals surface area (Å²) < 4.78 is 5.53. The van der Waals surface area contributed by atoms with E-state index in [0.717, 1.165) is 22.6 Å². The van der Waals surface area contributed by atoms with Crippen LogP contribution in [0, 0.1) is 13.8 Å². The molecule has 1 unspecified atom stereocenters. The van der Waals surface area contributed by atoms with Crippen molar-refractivity contribution in [1.82, 2.24) is 0 Å². The smallest absolute Gasteiger partial charge is 0.106 e. The van der Waals surface area contributed by atoms with Crippen molar-refractivity contribution in [1.29, 1.82) is 0 Å². The summed E-state index contributed by atoms with van der Waals surface area (Å²) >= 11 is 6.52. The molecule has 0 saturated heterocycles. The van der Waals surface area contributed by atoms with Gasteiger partial charge in [0.2, 0.25) is 0 Å². The van der Waals surface area contributed by atoms with Crippen molar-refractivity contribution in [2.45, 2.75) is 39.0 Å². The lowest BCUT2D eigenvalue weighted by atomic mass is 9.99. The first-order valence-electron chi connectivity index (χ1n) is 6.30. The van der Waals surface area contributed by atoms with Gasteiger partial charge in [-0.05, 0) is 37.0 Å². The minimum Gasteiger partial charge on any atom is -0.466 e. The minimum atomic E-state index is -0.135. The lowest BCUT2D eigenvalue weighted by molar-refractivity contribution is 0.501. The van der Waals surface area contributed by atoms with E-state index in [1.807, 2.05) is 19.9 Å². The monoisotopic (exact) mass is 262 g/mol. The van der Waals surface area contributed by atoms with Crippen molar-refractivity contribution in [3.63, 3.8) is 0 Å². The lowest BCUT2D eigenvalue weighted by Gasteiger charge is -2.11. The largest absolute Gasteiger partial charge is 0.466 e. The molecule has 2 rings (SSSR count). The van der Waals surface area contributed by atoms with Gasteiger partial charge in [-0.3, -0.25) is 0 Å². The van der Waals surface area contributed by atoms with Crippen LogP contribution in [-0.4, -0.2) is 0 Å². The van der Waals surface area contributed by atoms with Gasteiger partial charge in [0.15, 0.2) is 0 Å². The number of aryl methyl sites for hydroxylation is 2. The highest BCUT2D eigenvalue weighted by Crippen LogP contribution is 2.33. The van der Waals surface area contributed by atoms with Gasteiger partial charge in [-0.2, -0.15) is 0 Å². The summed E-state index contributed by atoms with van der Waals surface area (Å²) in [5, 5.41) is -0.135. The third kappa shape index (κ3) is 2.62. The summed E-state index contributed by atoms with van der Waals surface area (Å²) in [6.07, 6.45) is 0. The molecule has 1 heterocycles. The van der Waals surface area contributed by atoms with Crippen LogP contribution in [-0.2, 0) is 0 Å². The van der Waals surface area contributed by atoms with Crippen LogP contribution in [0.1, 0.15) is 53.4 Å². The van der Waals surface area contributed by atoms with Gasteiger partial charge in [-0.1, -0.05) is 38.1 Å². The van der Waals surface area contributed by atoms with Crippen molar-refractivity contribution in [3.05, 3.63) is 58.5 Å². The van der Waals surface area contributed by atoms with E-state index < -0.39 is 0 Å². The number of hydrogen-bond donors (Lipinski definition) is 0. The molecule has 1 aromatic carbocycles. The molecule has 1 nitrogen and oxygen atoms in total. The van der Waals surface area contributed by atoms with E-state index in [9.17, 15) is 0 Å². The number of furan rings is 1. The van der Waals surface area contributed by atoms with E-state index in [1.54, 1.807) is 0 Å². The zero-order valence-corrected chi connectivity index (χ0v) is 12.1. The Morgan fingerprint density at radius 2 is 1.56 bits per heavy atom. The Morgan fingerprint density at radius 1 is 1.00 bits per heavy atom. The van der Waals surface area contributed by atoms with Crippen molar-refractivity contribution in [2.24, 2.45) is 0 Å². The molecular weight excluding hydrogens is 244 g/mol. The van der Waals surface area contributed by atoms with Crippen molar-refractivity contribution in [3.8, 4) is 0 Å². The van der Waals surface area contributed by atoms with Crippen molar-refractivity contribution >= 4 is 11.6 Å². The fourth-order valence-corrected chi connectivity index (χ4v) is 2.49. The first-order chi connectivity index (χ1) is 8.49. The van der Waals surface area contributed by atoms with Gasteiger partial charge in [-0.15, -0.1) is 11.6 Å². The van der Waals surface area contributed by atoms with E-state index in [1.165, 1.54) is 5.56 Å². The molecular formula is C16H19ClO. The molecule has 1 aromatic heterocycles. The molecule has 2 aromatic rings. The van der Waals surface area contributed by atoms with Gasteiger partial charge in [0.1, 0.15) is 11.5 Å². The Bertz CT molecular complexity index is 523. The second-order valence-electron chi connectivity index (χ2n) is 5.05. The summed E-state index contributed by atoms with van der Waals surface area (Å²) in [6.45, 7) is 8.29. The second kappa shape index (κ2) is 5.19. The van der Waals surface area contributed by atoms with Crippen molar-refractivity contribution < 1.29 is 4.42 Å². The molecule has 0 saturated carbocycles. The summed E-state index contributed by atoms with van der Waals surface area (Å²) in [6, 6.07) is 10.5. The molecule has 0 spiro atoms. The van der Waals surface area contributed by atoms with E-state index in [-0.39, 0.29) is 5.38 Å². The Hall–Kier alpha value is -1.21. The molecule has 0 aliphatic heterocycles. The zero-order chi connectivity index (χ0) is 13.3. The SMILES string of the molecule is Cc1cc(C(Cl)c2ccc(C(C)C)cc2)c(C)o1. The first-order valence-corrected chi connectivity index (χ1v) is 6.73. The average Bonchev–Trinajstić information content (AvgIpc) is 2.67. The van der Waals surface area contributed by atoms with E-state index in [2.05, 4.69) is 38.1 Å².